The Balaban J connectivity index is 1.96. The number of amides is 1. The number of benzene rings is 1. The van der Waals surface area contributed by atoms with Crippen LogP contribution in [0.25, 0.3) is 5.69 Å². The summed E-state index contributed by atoms with van der Waals surface area (Å²) in [5.74, 6) is -2.26. The lowest BCUT2D eigenvalue weighted by atomic mass is 10.2. The molecular weight excluding hydrogens is 452 g/mol. The van der Waals surface area contributed by atoms with Crippen molar-refractivity contribution in [3.05, 3.63) is 73.8 Å². The average Bonchev–Trinajstić information content (AvgIpc) is 2.65. The molecule has 29 heavy (non-hydrogen) atoms. The van der Waals surface area contributed by atoms with E-state index < -0.39 is 23.1 Å². The van der Waals surface area contributed by atoms with Gasteiger partial charge in [-0.25, -0.2) is 18.7 Å². The summed E-state index contributed by atoms with van der Waals surface area (Å²) in [6.07, 6.45) is 1.29. The number of rotatable bonds is 5. The minimum absolute atomic E-state index is 0.0102. The Kier molecular flexibility index (Phi) is 5.69. The van der Waals surface area contributed by atoms with E-state index in [1.165, 1.54) is 16.8 Å². The summed E-state index contributed by atoms with van der Waals surface area (Å²) in [7, 11) is 0. The molecule has 0 aliphatic heterocycles. The SMILES string of the molecule is Cc1nc(C(N)=O)ncc1-n1c(C)nc(OCc2ccc(F)cc2F)c(Br)c1=O. The zero-order chi connectivity index (χ0) is 21.3. The molecule has 150 valence electrons. The van der Waals surface area contributed by atoms with Crippen LogP contribution in [0.4, 0.5) is 8.78 Å². The first-order valence-electron chi connectivity index (χ1n) is 8.18. The van der Waals surface area contributed by atoms with Crippen LogP contribution in [-0.4, -0.2) is 25.4 Å². The minimum Gasteiger partial charge on any atom is -0.472 e. The van der Waals surface area contributed by atoms with Gasteiger partial charge in [-0.15, -0.1) is 0 Å². The first kappa shape index (κ1) is 20.5. The molecule has 1 amide bonds. The van der Waals surface area contributed by atoms with Gasteiger partial charge in [0, 0.05) is 11.6 Å². The van der Waals surface area contributed by atoms with Crippen LogP contribution in [-0.2, 0) is 6.61 Å². The molecule has 0 aliphatic rings. The molecule has 2 heterocycles. The summed E-state index contributed by atoms with van der Waals surface area (Å²) in [6.45, 7) is 2.89. The quantitative estimate of drug-likeness (QED) is 0.618. The summed E-state index contributed by atoms with van der Waals surface area (Å²) in [6, 6.07) is 3.09. The number of hydrogen-bond acceptors (Lipinski definition) is 6. The van der Waals surface area contributed by atoms with Crippen molar-refractivity contribution in [2.24, 2.45) is 5.73 Å². The van der Waals surface area contributed by atoms with E-state index in [1.807, 2.05) is 0 Å². The Labute approximate surface area is 171 Å². The predicted octanol–water partition coefficient (Wildman–Crippen LogP) is 2.36. The number of aryl methyl sites for hydroxylation is 2. The van der Waals surface area contributed by atoms with Crippen molar-refractivity contribution in [3.63, 3.8) is 0 Å². The molecule has 0 bridgehead atoms. The number of hydrogen-bond donors (Lipinski definition) is 1. The number of aromatic nitrogens is 4. The smallest absolute Gasteiger partial charge is 0.286 e. The monoisotopic (exact) mass is 465 g/mol. The third kappa shape index (κ3) is 4.14. The Morgan fingerprint density at radius 1 is 1.28 bits per heavy atom. The van der Waals surface area contributed by atoms with Crippen molar-refractivity contribution in [1.82, 2.24) is 19.5 Å². The van der Waals surface area contributed by atoms with E-state index in [9.17, 15) is 18.4 Å². The van der Waals surface area contributed by atoms with E-state index in [4.69, 9.17) is 10.5 Å². The molecule has 2 aromatic heterocycles. The van der Waals surface area contributed by atoms with E-state index in [-0.39, 0.29) is 34.2 Å². The van der Waals surface area contributed by atoms with Crippen LogP contribution in [0.5, 0.6) is 5.88 Å². The molecule has 11 heteroatoms. The molecule has 0 atom stereocenters. The second kappa shape index (κ2) is 8.03. The number of carbonyl (C=O) groups is 1. The minimum atomic E-state index is -0.792. The van der Waals surface area contributed by atoms with Gasteiger partial charge in [0.25, 0.3) is 11.5 Å². The van der Waals surface area contributed by atoms with E-state index in [0.717, 1.165) is 12.1 Å². The zero-order valence-corrected chi connectivity index (χ0v) is 16.8. The topological polar surface area (TPSA) is 113 Å². The number of ether oxygens (including phenoxy) is 1. The maximum atomic E-state index is 13.8. The van der Waals surface area contributed by atoms with Crippen molar-refractivity contribution in [3.8, 4) is 11.6 Å². The fourth-order valence-electron chi connectivity index (χ4n) is 2.55. The van der Waals surface area contributed by atoms with Gasteiger partial charge < -0.3 is 10.5 Å². The Morgan fingerprint density at radius 2 is 2.00 bits per heavy atom. The fourth-order valence-corrected chi connectivity index (χ4v) is 2.93. The van der Waals surface area contributed by atoms with Crippen molar-refractivity contribution in [1.29, 1.82) is 0 Å². The maximum Gasteiger partial charge on any atom is 0.286 e. The summed E-state index contributed by atoms with van der Waals surface area (Å²) in [4.78, 5) is 36.1. The van der Waals surface area contributed by atoms with Gasteiger partial charge in [-0.3, -0.25) is 14.2 Å². The summed E-state index contributed by atoms with van der Waals surface area (Å²) < 4.78 is 33.4. The summed E-state index contributed by atoms with van der Waals surface area (Å²) in [5.41, 5.74) is 5.39. The van der Waals surface area contributed by atoms with E-state index in [2.05, 4.69) is 30.9 Å². The Hall–Kier alpha value is -3.21. The van der Waals surface area contributed by atoms with E-state index in [0.29, 0.717) is 11.4 Å². The third-order valence-electron chi connectivity index (χ3n) is 3.96. The number of halogens is 3. The molecule has 0 radical (unpaired) electrons. The standard InChI is InChI=1S/C18H14BrF2N5O3/c1-8-13(6-23-16(24-8)15(22)27)26-9(2)25-17(14(19)18(26)28)29-7-10-3-4-11(20)5-12(10)21/h3-6H,7H2,1-2H3,(H2,22,27). The number of primary amides is 1. The molecule has 3 rings (SSSR count). The molecule has 0 saturated heterocycles. The molecule has 3 aromatic rings. The molecule has 2 N–H and O–H groups in total. The first-order valence-corrected chi connectivity index (χ1v) is 8.98. The van der Waals surface area contributed by atoms with E-state index >= 15 is 0 Å². The first-order chi connectivity index (χ1) is 13.7. The van der Waals surface area contributed by atoms with Crippen LogP contribution in [0.1, 0.15) is 27.7 Å². The van der Waals surface area contributed by atoms with Gasteiger partial charge in [0.15, 0.2) is 0 Å². The van der Waals surface area contributed by atoms with Crippen LogP contribution in [0.15, 0.2) is 33.7 Å². The van der Waals surface area contributed by atoms with Gasteiger partial charge in [-0.05, 0) is 41.9 Å². The van der Waals surface area contributed by atoms with Crippen molar-refractivity contribution in [2.45, 2.75) is 20.5 Å². The lowest BCUT2D eigenvalue weighted by Gasteiger charge is -2.14. The highest BCUT2D eigenvalue weighted by molar-refractivity contribution is 9.10. The van der Waals surface area contributed by atoms with Crippen LogP contribution < -0.4 is 16.0 Å². The Morgan fingerprint density at radius 3 is 2.62 bits per heavy atom. The number of nitrogens with two attached hydrogens (primary N) is 1. The molecule has 0 fully saturated rings. The maximum absolute atomic E-state index is 13.8. The molecule has 0 aliphatic carbocycles. The highest BCUT2D eigenvalue weighted by Crippen LogP contribution is 2.22. The molecule has 0 unspecified atom stereocenters. The molecule has 8 nitrogen and oxygen atoms in total. The largest absolute Gasteiger partial charge is 0.472 e. The fraction of sp³-hybridized carbons (Fsp3) is 0.167. The molecule has 0 saturated carbocycles. The highest BCUT2D eigenvalue weighted by Gasteiger charge is 2.18. The second-order valence-electron chi connectivity index (χ2n) is 5.97. The van der Waals surface area contributed by atoms with Crippen LogP contribution in [0.3, 0.4) is 0 Å². The average molecular weight is 466 g/mol. The number of carbonyl (C=O) groups excluding carboxylic acids is 1. The van der Waals surface area contributed by atoms with Crippen LogP contribution in [0, 0.1) is 25.5 Å². The van der Waals surface area contributed by atoms with Crippen molar-refractivity contribution < 1.29 is 18.3 Å². The van der Waals surface area contributed by atoms with Gasteiger partial charge in [0.05, 0.1) is 17.6 Å². The van der Waals surface area contributed by atoms with Gasteiger partial charge in [-0.1, -0.05) is 0 Å². The van der Waals surface area contributed by atoms with Crippen molar-refractivity contribution in [2.75, 3.05) is 0 Å². The summed E-state index contributed by atoms with van der Waals surface area (Å²) in [5, 5.41) is 0. The van der Waals surface area contributed by atoms with Crippen LogP contribution >= 0.6 is 15.9 Å². The van der Waals surface area contributed by atoms with Crippen molar-refractivity contribution >= 4 is 21.8 Å². The molecule has 0 spiro atoms. The highest BCUT2D eigenvalue weighted by atomic mass is 79.9. The zero-order valence-electron chi connectivity index (χ0n) is 15.2. The lowest BCUT2D eigenvalue weighted by Crippen LogP contribution is -2.26. The van der Waals surface area contributed by atoms with E-state index in [1.54, 1.807) is 13.8 Å². The lowest BCUT2D eigenvalue weighted by molar-refractivity contribution is 0.0990. The molecule has 1 aromatic carbocycles. The molecular formula is C18H14BrF2N5O3. The third-order valence-corrected chi connectivity index (χ3v) is 4.64. The Bertz CT molecular complexity index is 1180. The predicted molar refractivity (Wildman–Crippen MR) is 102 cm³/mol. The van der Waals surface area contributed by atoms with Gasteiger partial charge in [0.1, 0.15) is 28.5 Å². The summed E-state index contributed by atoms with van der Waals surface area (Å²) >= 11 is 3.14. The number of nitrogens with zero attached hydrogens (tertiary/aromatic N) is 4. The van der Waals surface area contributed by atoms with Gasteiger partial charge in [0.2, 0.25) is 11.7 Å². The van der Waals surface area contributed by atoms with Gasteiger partial charge >= 0.3 is 0 Å². The second-order valence-corrected chi connectivity index (χ2v) is 6.76. The van der Waals surface area contributed by atoms with Gasteiger partial charge in [-0.2, -0.15) is 4.98 Å². The normalized spacial score (nSPS) is 10.8. The van der Waals surface area contributed by atoms with Crippen LogP contribution in [0.2, 0.25) is 0 Å².